The third-order valence-electron chi connectivity index (χ3n) is 2.83. The van der Waals surface area contributed by atoms with E-state index in [4.69, 9.17) is 4.74 Å². The fourth-order valence-corrected chi connectivity index (χ4v) is 2.68. The van der Waals surface area contributed by atoms with Crippen molar-refractivity contribution in [1.29, 1.82) is 0 Å². The monoisotopic (exact) mass is 344 g/mol. The Labute approximate surface area is 135 Å². The van der Waals surface area contributed by atoms with Gasteiger partial charge >= 0.3 is 22.3 Å². The van der Waals surface area contributed by atoms with E-state index in [-0.39, 0.29) is 12.5 Å². The third kappa shape index (κ3) is 6.66. The molecule has 1 unspecified atom stereocenters. The van der Waals surface area contributed by atoms with Crippen LogP contribution in [0.15, 0.2) is 30.3 Å². The highest BCUT2D eigenvalue weighted by Gasteiger charge is 2.29. The first-order valence-electron chi connectivity index (χ1n) is 6.83. The normalized spacial score (nSPS) is 12.5. The van der Waals surface area contributed by atoms with E-state index in [9.17, 15) is 18.0 Å². The molecular weight excluding hydrogens is 324 g/mol. The summed E-state index contributed by atoms with van der Waals surface area (Å²) in [5.74, 6) is -1.11. The summed E-state index contributed by atoms with van der Waals surface area (Å²) in [6, 6.07) is 7.67. The van der Waals surface area contributed by atoms with Crippen molar-refractivity contribution in [3.8, 4) is 0 Å². The molecular formula is C14H20N2O6S. The Hall–Kier alpha value is -2.13. The zero-order valence-electron chi connectivity index (χ0n) is 13.1. The van der Waals surface area contributed by atoms with Crippen molar-refractivity contribution in [2.75, 3.05) is 7.11 Å². The van der Waals surface area contributed by atoms with Crippen molar-refractivity contribution in [3.63, 3.8) is 0 Å². The lowest BCUT2D eigenvalue weighted by molar-refractivity contribution is -0.143. The van der Waals surface area contributed by atoms with Gasteiger partial charge < -0.3 is 9.47 Å². The Morgan fingerprint density at radius 3 is 2.30 bits per heavy atom. The van der Waals surface area contributed by atoms with Crippen LogP contribution in [-0.2, 0) is 31.1 Å². The minimum atomic E-state index is -4.26. The molecule has 0 saturated carbocycles. The number of rotatable bonds is 7. The molecule has 0 heterocycles. The van der Waals surface area contributed by atoms with E-state index in [2.05, 4.69) is 9.46 Å². The van der Waals surface area contributed by atoms with E-state index in [1.165, 1.54) is 0 Å². The molecule has 9 heteroatoms. The number of carbonyl (C=O) groups excluding carboxylic acids is 2. The van der Waals surface area contributed by atoms with Crippen LogP contribution in [0.3, 0.4) is 0 Å². The number of benzene rings is 1. The second-order valence-corrected chi connectivity index (χ2v) is 6.48. The molecule has 23 heavy (non-hydrogen) atoms. The Kier molecular flexibility index (Phi) is 6.98. The average Bonchev–Trinajstić information content (AvgIpc) is 2.50. The number of esters is 1. The van der Waals surface area contributed by atoms with Gasteiger partial charge in [-0.05, 0) is 11.5 Å². The number of amides is 1. The number of nitrogens with one attached hydrogen (secondary N) is 2. The molecule has 1 aromatic carbocycles. The molecule has 8 nitrogen and oxygen atoms in total. The first kappa shape index (κ1) is 18.9. The van der Waals surface area contributed by atoms with Crippen LogP contribution >= 0.6 is 0 Å². The van der Waals surface area contributed by atoms with Gasteiger partial charge in [0, 0.05) is 0 Å². The second-order valence-electron chi connectivity index (χ2n) is 5.03. The standard InChI is InChI=1S/C14H20N2O6S/c1-10(2)12(13(17)21-3)15-23(19,20)16-14(18)22-9-11-7-5-4-6-8-11/h4-8,10,12,15H,9H2,1-3H3,(H,16,18). The van der Waals surface area contributed by atoms with Gasteiger partial charge in [0.25, 0.3) is 0 Å². The lowest BCUT2D eigenvalue weighted by Crippen LogP contribution is -2.50. The summed E-state index contributed by atoms with van der Waals surface area (Å²) >= 11 is 0. The smallest absolute Gasteiger partial charge is 0.422 e. The van der Waals surface area contributed by atoms with Crippen molar-refractivity contribution in [2.24, 2.45) is 5.92 Å². The topological polar surface area (TPSA) is 111 Å². The molecule has 1 rings (SSSR count). The maximum atomic E-state index is 11.9. The minimum absolute atomic E-state index is 0.0766. The summed E-state index contributed by atoms with van der Waals surface area (Å²) in [4.78, 5) is 23.1. The van der Waals surface area contributed by atoms with E-state index >= 15 is 0 Å². The Morgan fingerprint density at radius 1 is 1.17 bits per heavy atom. The molecule has 0 aromatic heterocycles. The number of hydrogen-bond acceptors (Lipinski definition) is 6. The molecule has 2 N–H and O–H groups in total. The molecule has 0 saturated heterocycles. The van der Waals surface area contributed by atoms with Gasteiger partial charge in [0.15, 0.2) is 0 Å². The van der Waals surface area contributed by atoms with E-state index < -0.39 is 28.3 Å². The van der Waals surface area contributed by atoms with Crippen LogP contribution in [0.1, 0.15) is 19.4 Å². The molecule has 0 aliphatic heterocycles. The van der Waals surface area contributed by atoms with Gasteiger partial charge in [-0.3, -0.25) is 4.79 Å². The third-order valence-corrected chi connectivity index (χ3v) is 3.83. The molecule has 0 aliphatic carbocycles. The lowest BCUT2D eigenvalue weighted by atomic mass is 10.1. The predicted octanol–water partition coefficient (Wildman–Crippen LogP) is 0.945. The first-order chi connectivity index (χ1) is 10.7. The van der Waals surface area contributed by atoms with Crippen LogP contribution in [0.5, 0.6) is 0 Å². The van der Waals surface area contributed by atoms with E-state index in [1.54, 1.807) is 48.9 Å². The fourth-order valence-electron chi connectivity index (χ4n) is 1.64. The largest absolute Gasteiger partial charge is 0.468 e. The summed E-state index contributed by atoms with van der Waals surface area (Å²) in [7, 11) is -3.11. The van der Waals surface area contributed by atoms with Crippen LogP contribution < -0.4 is 9.44 Å². The molecule has 1 aromatic rings. The van der Waals surface area contributed by atoms with Crippen LogP contribution in [0, 0.1) is 5.92 Å². The number of carbonyl (C=O) groups is 2. The van der Waals surface area contributed by atoms with Crippen LogP contribution in [0.2, 0.25) is 0 Å². The molecule has 128 valence electrons. The van der Waals surface area contributed by atoms with Crippen LogP contribution in [-0.4, -0.2) is 33.6 Å². The molecule has 0 radical (unpaired) electrons. The number of ether oxygens (including phenoxy) is 2. The highest BCUT2D eigenvalue weighted by Crippen LogP contribution is 2.05. The summed E-state index contributed by atoms with van der Waals surface area (Å²) in [5, 5.41) is 0. The zero-order chi connectivity index (χ0) is 17.5. The summed E-state index contributed by atoms with van der Waals surface area (Å²) in [6.07, 6.45) is -1.14. The van der Waals surface area contributed by atoms with Gasteiger partial charge in [0.05, 0.1) is 7.11 Å². The van der Waals surface area contributed by atoms with Gasteiger partial charge in [-0.2, -0.15) is 13.1 Å². The molecule has 0 fully saturated rings. The van der Waals surface area contributed by atoms with E-state index in [1.807, 2.05) is 0 Å². The van der Waals surface area contributed by atoms with Crippen molar-refractivity contribution in [1.82, 2.24) is 9.44 Å². The second kappa shape index (κ2) is 8.49. The van der Waals surface area contributed by atoms with Crippen LogP contribution in [0.4, 0.5) is 4.79 Å². The van der Waals surface area contributed by atoms with Crippen molar-refractivity contribution in [3.05, 3.63) is 35.9 Å². The first-order valence-corrected chi connectivity index (χ1v) is 8.32. The molecule has 0 bridgehead atoms. The highest BCUT2D eigenvalue weighted by molar-refractivity contribution is 7.88. The van der Waals surface area contributed by atoms with Crippen molar-refractivity contribution in [2.45, 2.75) is 26.5 Å². The maximum Gasteiger partial charge on any atom is 0.422 e. The van der Waals surface area contributed by atoms with Crippen LogP contribution in [0.25, 0.3) is 0 Å². The van der Waals surface area contributed by atoms with Crippen molar-refractivity contribution >= 4 is 22.3 Å². The summed E-state index contributed by atoms with van der Waals surface area (Å²) in [5.41, 5.74) is 0.711. The maximum absolute atomic E-state index is 11.9. The van der Waals surface area contributed by atoms with Gasteiger partial charge in [-0.15, -0.1) is 0 Å². The summed E-state index contributed by atoms with van der Waals surface area (Å²) in [6.45, 7) is 3.20. The molecule has 0 spiro atoms. The van der Waals surface area contributed by atoms with Gasteiger partial charge in [0.1, 0.15) is 12.6 Å². The van der Waals surface area contributed by atoms with Gasteiger partial charge in [-0.25, -0.2) is 9.52 Å². The minimum Gasteiger partial charge on any atom is -0.468 e. The number of methoxy groups -OCH3 is 1. The quantitative estimate of drug-likeness (QED) is 0.712. The Balaban J connectivity index is 2.59. The highest BCUT2D eigenvalue weighted by atomic mass is 32.2. The fraction of sp³-hybridized carbons (Fsp3) is 0.429. The zero-order valence-corrected chi connectivity index (χ0v) is 13.9. The Bertz CT molecular complexity index is 630. The average molecular weight is 344 g/mol. The number of hydrogen-bond donors (Lipinski definition) is 2. The Morgan fingerprint density at radius 2 is 1.78 bits per heavy atom. The van der Waals surface area contributed by atoms with E-state index in [0.29, 0.717) is 5.56 Å². The predicted molar refractivity (Wildman–Crippen MR) is 82.5 cm³/mol. The molecule has 1 amide bonds. The van der Waals surface area contributed by atoms with Crippen molar-refractivity contribution < 1.29 is 27.5 Å². The summed E-state index contributed by atoms with van der Waals surface area (Å²) < 4.78 is 36.8. The SMILES string of the molecule is COC(=O)C(NS(=O)(=O)NC(=O)OCc1ccccc1)C(C)C. The molecule has 0 aliphatic rings. The molecule has 1 atom stereocenters. The lowest BCUT2D eigenvalue weighted by Gasteiger charge is -2.19. The van der Waals surface area contributed by atoms with Gasteiger partial charge in [-0.1, -0.05) is 44.2 Å². The van der Waals surface area contributed by atoms with E-state index in [0.717, 1.165) is 7.11 Å². The van der Waals surface area contributed by atoms with Gasteiger partial charge in [0.2, 0.25) is 0 Å².